The monoisotopic (exact) mass is 529 g/mol. The van der Waals surface area contributed by atoms with Crippen LogP contribution in [-0.2, 0) is 4.79 Å². The summed E-state index contributed by atoms with van der Waals surface area (Å²) in [7, 11) is 1.69. The van der Waals surface area contributed by atoms with E-state index >= 15 is 0 Å². The van der Waals surface area contributed by atoms with E-state index in [0.717, 1.165) is 44.8 Å². The molecule has 1 unspecified atom stereocenters. The number of nitrogens with zero attached hydrogens (tertiary/aromatic N) is 2. The van der Waals surface area contributed by atoms with Crippen molar-refractivity contribution in [3.05, 3.63) is 29.8 Å². The van der Waals surface area contributed by atoms with Crippen LogP contribution < -0.4 is 20.7 Å². The fraction of sp³-hybridized carbons (Fsp3) is 0.636. The summed E-state index contributed by atoms with van der Waals surface area (Å²) in [6, 6.07) is 8.96. The van der Waals surface area contributed by atoms with Gasteiger partial charge < -0.3 is 20.7 Å². The van der Waals surface area contributed by atoms with Gasteiger partial charge in [-0.15, -0.1) is 24.0 Å². The van der Waals surface area contributed by atoms with Gasteiger partial charge in [-0.25, -0.2) is 4.99 Å². The summed E-state index contributed by atoms with van der Waals surface area (Å²) in [5.74, 6) is 1.55. The van der Waals surface area contributed by atoms with E-state index in [1.165, 1.54) is 24.8 Å². The molecule has 1 aromatic rings. The zero-order chi connectivity index (χ0) is 20.5. The molecule has 168 valence electrons. The molecule has 8 heteroatoms. The van der Waals surface area contributed by atoms with Crippen LogP contribution in [0.3, 0.4) is 0 Å². The van der Waals surface area contributed by atoms with Crippen LogP contribution in [0.15, 0.2) is 29.3 Å². The summed E-state index contributed by atoms with van der Waals surface area (Å²) in [6.45, 7) is 5.90. The minimum absolute atomic E-state index is 0. The van der Waals surface area contributed by atoms with E-state index in [4.69, 9.17) is 4.74 Å². The lowest BCUT2D eigenvalue weighted by Gasteiger charge is -2.35. The number of carbonyl (C=O) groups is 1. The Balaban J connectivity index is 0.00000320. The minimum atomic E-state index is -0.00700. The van der Waals surface area contributed by atoms with Crippen LogP contribution in [0.4, 0.5) is 0 Å². The van der Waals surface area contributed by atoms with Crippen molar-refractivity contribution in [2.24, 2.45) is 4.99 Å². The first-order valence-electron chi connectivity index (χ1n) is 10.9. The first-order chi connectivity index (χ1) is 14.2. The number of aliphatic imine (C=N–C) groups is 1. The second-order valence-corrected chi connectivity index (χ2v) is 7.80. The smallest absolute Gasteiger partial charge is 0.242 e. The largest absolute Gasteiger partial charge is 0.497 e. The molecule has 30 heavy (non-hydrogen) atoms. The Morgan fingerprint density at radius 3 is 2.47 bits per heavy atom. The van der Waals surface area contributed by atoms with Gasteiger partial charge in [-0.1, -0.05) is 18.6 Å². The van der Waals surface area contributed by atoms with E-state index in [2.05, 4.69) is 38.0 Å². The molecule has 2 fully saturated rings. The van der Waals surface area contributed by atoms with E-state index in [0.29, 0.717) is 12.0 Å². The van der Waals surface area contributed by atoms with Crippen molar-refractivity contribution in [3.8, 4) is 5.75 Å². The molecule has 1 amide bonds. The number of hydrogen-bond acceptors (Lipinski definition) is 4. The molecular weight excluding hydrogens is 493 g/mol. The molecule has 1 saturated carbocycles. The van der Waals surface area contributed by atoms with Crippen molar-refractivity contribution in [2.75, 3.05) is 39.8 Å². The normalized spacial score (nSPS) is 18.1. The molecule has 1 heterocycles. The minimum Gasteiger partial charge on any atom is -0.497 e. The van der Waals surface area contributed by atoms with Gasteiger partial charge in [0.25, 0.3) is 0 Å². The van der Waals surface area contributed by atoms with E-state index in [9.17, 15) is 4.79 Å². The summed E-state index contributed by atoms with van der Waals surface area (Å²) >= 11 is 0. The van der Waals surface area contributed by atoms with Gasteiger partial charge in [0, 0.05) is 19.1 Å². The summed E-state index contributed by atoms with van der Waals surface area (Å²) in [4.78, 5) is 19.0. The van der Waals surface area contributed by atoms with Gasteiger partial charge in [0.15, 0.2) is 5.96 Å². The molecule has 1 aliphatic carbocycles. The topological polar surface area (TPSA) is 78.0 Å². The highest BCUT2D eigenvalue weighted by molar-refractivity contribution is 14.0. The van der Waals surface area contributed by atoms with Crippen LogP contribution in [0.1, 0.15) is 50.6 Å². The quantitative estimate of drug-likeness (QED) is 0.261. The lowest BCUT2D eigenvalue weighted by atomic mass is 10.0. The molecule has 0 spiro atoms. The first-order valence-corrected chi connectivity index (χ1v) is 10.9. The van der Waals surface area contributed by atoms with E-state index < -0.39 is 0 Å². The molecular formula is C22H36IN5O2. The lowest BCUT2D eigenvalue weighted by Crippen LogP contribution is -2.45. The molecule has 2 aliphatic rings. The third kappa shape index (κ3) is 7.94. The predicted molar refractivity (Wildman–Crippen MR) is 132 cm³/mol. The first kappa shape index (κ1) is 24.7. The number of rotatable bonds is 9. The maximum absolute atomic E-state index is 12.0. The molecule has 1 saturated heterocycles. The highest BCUT2D eigenvalue weighted by Gasteiger charge is 2.24. The van der Waals surface area contributed by atoms with Crippen LogP contribution in [0.2, 0.25) is 0 Å². The Bertz CT molecular complexity index is 673. The zero-order valence-electron chi connectivity index (χ0n) is 18.2. The average Bonchev–Trinajstić information content (AvgIpc) is 3.57. The van der Waals surface area contributed by atoms with Gasteiger partial charge in [-0.05, 0) is 63.4 Å². The fourth-order valence-electron chi connectivity index (χ4n) is 3.70. The molecule has 1 atom stereocenters. The Labute approximate surface area is 197 Å². The Morgan fingerprint density at radius 2 is 1.87 bits per heavy atom. The Kier molecular flexibility index (Phi) is 10.7. The van der Waals surface area contributed by atoms with Gasteiger partial charge in [0.05, 0.1) is 13.2 Å². The zero-order valence-corrected chi connectivity index (χ0v) is 20.5. The van der Waals surface area contributed by atoms with E-state index in [-0.39, 0.29) is 42.5 Å². The molecule has 0 radical (unpaired) electrons. The van der Waals surface area contributed by atoms with Crippen LogP contribution >= 0.6 is 24.0 Å². The summed E-state index contributed by atoms with van der Waals surface area (Å²) in [5.41, 5.74) is 1.27. The van der Waals surface area contributed by atoms with E-state index in [1.54, 1.807) is 7.11 Å². The van der Waals surface area contributed by atoms with Crippen molar-refractivity contribution < 1.29 is 9.53 Å². The number of carbonyl (C=O) groups excluding carboxylic acids is 1. The van der Waals surface area contributed by atoms with Crippen molar-refractivity contribution in [1.82, 2.24) is 20.9 Å². The molecule has 1 aliphatic heterocycles. The lowest BCUT2D eigenvalue weighted by molar-refractivity contribution is -0.119. The molecule has 0 bridgehead atoms. The molecule has 0 aromatic heterocycles. The van der Waals surface area contributed by atoms with Crippen molar-refractivity contribution in [3.63, 3.8) is 0 Å². The van der Waals surface area contributed by atoms with Gasteiger partial charge in [0.2, 0.25) is 5.91 Å². The van der Waals surface area contributed by atoms with Crippen LogP contribution in [0.25, 0.3) is 0 Å². The number of amides is 1. The second-order valence-electron chi connectivity index (χ2n) is 7.80. The highest BCUT2D eigenvalue weighted by Crippen LogP contribution is 2.25. The third-order valence-electron chi connectivity index (χ3n) is 5.46. The Hall–Kier alpha value is -1.55. The van der Waals surface area contributed by atoms with Gasteiger partial charge >= 0.3 is 0 Å². The standard InChI is InChI=1S/C22H35N5O2.HI/c1-3-23-22(25-16-21(28)26-18-9-10-18)24-15-20(27-13-5-4-6-14-27)17-7-11-19(29-2)12-8-17;/h7-8,11-12,18,20H,3-6,9-10,13-16H2,1-2H3,(H,26,28)(H2,23,24,25);1H. The van der Waals surface area contributed by atoms with Crippen LogP contribution in [-0.4, -0.2) is 62.6 Å². The number of likely N-dealkylation sites (tertiary alicyclic amines) is 1. The molecule has 7 nitrogen and oxygen atoms in total. The molecule has 1 aromatic carbocycles. The number of piperidine rings is 1. The van der Waals surface area contributed by atoms with Crippen molar-refractivity contribution in [2.45, 2.75) is 51.1 Å². The third-order valence-corrected chi connectivity index (χ3v) is 5.46. The highest BCUT2D eigenvalue weighted by atomic mass is 127. The second kappa shape index (κ2) is 13.0. The summed E-state index contributed by atoms with van der Waals surface area (Å²) < 4.78 is 5.31. The van der Waals surface area contributed by atoms with Gasteiger partial charge in [-0.3, -0.25) is 9.69 Å². The number of nitrogens with one attached hydrogen (secondary N) is 3. The maximum atomic E-state index is 12.0. The van der Waals surface area contributed by atoms with Crippen LogP contribution in [0, 0.1) is 0 Å². The molecule has 3 rings (SSSR count). The Morgan fingerprint density at radius 1 is 1.17 bits per heavy atom. The van der Waals surface area contributed by atoms with Crippen molar-refractivity contribution in [1.29, 1.82) is 0 Å². The number of halogens is 1. The number of guanidine groups is 1. The average molecular weight is 529 g/mol. The summed E-state index contributed by atoms with van der Waals surface area (Å²) in [5, 5.41) is 9.69. The summed E-state index contributed by atoms with van der Waals surface area (Å²) in [6.07, 6.45) is 5.96. The number of methoxy groups -OCH3 is 1. The van der Waals surface area contributed by atoms with Crippen molar-refractivity contribution >= 4 is 35.8 Å². The molecule has 3 N–H and O–H groups in total. The van der Waals surface area contributed by atoms with Gasteiger partial charge in [-0.2, -0.15) is 0 Å². The SMILES string of the molecule is CCNC(=NCC(=O)NC1CC1)NCC(c1ccc(OC)cc1)N1CCCCC1.I. The number of ether oxygens (including phenoxy) is 1. The van der Waals surface area contributed by atoms with E-state index in [1.807, 2.05) is 19.1 Å². The number of hydrogen-bond donors (Lipinski definition) is 3. The van der Waals surface area contributed by atoms with Crippen LogP contribution in [0.5, 0.6) is 5.75 Å². The predicted octanol–water partition coefficient (Wildman–Crippen LogP) is 2.67. The van der Waals surface area contributed by atoms with Gasteiger partial charge in [0.1, 0.15) is 12.3 Å². The fourth-order valence-corrected chi connectivity index (χ4v) is 3.70. The number of benzene rings is 1. The maximum Gasteiger partial charge on any atom is 0.242 e.